The van der Waals surface area contributed by atoms with Crippen LogP contribution < -0.4 is 5.32 Å². The summed E-state index contributed by atoms with van der Waals surface area (Å²) in [6.07, 6.45) is 0. The Hall–Kier alpha value is -1.66. The lowest BCUT2D eigenvalue weighted by Crippen LogP contribution is -2.47. The molecule has 1 unspecified atom stereocenters. The van der Waals surface area contributed by atoms with Crippen LogP contribution >= 0.6 is 0 Å². The Labute approximate surface area is 111 Å². The minimum Gasteiger partial charge on any atom is -0.508 e. The summed E-state index contributed by atoms with van der Waals surface area (Å²) < 4.78 is 18.2. The number of piperazine rings is 1. The molecule has 0 aliphatic carbocycles. The number of hydrogen-bond acceptors (Lipinski definition) is 5. The number of hydrogen-bond donors (Lipinski definition) is 2. The van der Waals surface area contributed by atoms with Gasteiger partial charge in [0.05, 0.1) is 7.11 Å². The standard InChI is InChI=1S/C13H17FN2O3/c1-19-13(18)12(16-4-2-15-3-5-16)9-6-10(14)8-11(17)7-9/h6-8,12,15,17H,2-5H2,1H3. The highest BCUT2D eigenvalue weighted by Crippen LogP contribution is 2.26. The maximum atomic E-state index is 13.4. The molecule has 1 aliphatic rings. The minimum absolute atomic E-state index is 0.195. The van der Waals surface area contributed by atoms with Gasteiger partial charge < -0.3 is 15.2 Å². The molecule has 1 atom stereocenters. The highest BCUT2D eigenvalue weighted by atomic mass is 19.1. The summed E-state index contributed by atoms with van der Waals surface area (Å²) in [6.45, 7) is 2.84. The van der Waals surface area contributed by atoms with Crippen molar-refractivity contribution < 1.29 is 19.0 Å². The Balaban J connectivity index is 2.33. The summed E-state index contributed by atoms with van der Waals surface area (Å²) in [5.41, 5.74) is 0.409. The predicted octanol–water partition coefficient (Wildman–Crippen LogP) is 0.651. The first-order valence-electron chi connectivity index (χ1n) is 6.14. The van der Waals surface area contributed by atoms with Crippen LogP contribution in [0.5, 0.6) is 5.75 Å². The molecule has 0 saturated carbocycles. The average molecular weight is 268 g/mol. The summed E-state index contributed by atoms with van der Waals surface area (Å²) in [4.78, 5) is 13.9. The second kappa shape index (κ2) is 5.99. The molecule has 1 aromatic carbocycles. The summed E-state index contributed by atoms with van der Waals surface area (Å²) in [5.74, 6) is -1.22. The number of nitrogens with one attached hydrogen (secondary N) is 1. The largest absolute Gasteiger partial charge is 0.508 e. The second-order valence-electron chi connectivity index (χ2n) is 4.45. The van der Waals surface area contributed by atoms with E-state index in [0.29, 0.717) is 18.7 Å². The van der Waals surface area contributed by atoms with Crippen molar-refractivity contribution >= 4 is 5.97 Å². The van der Waals surface area contributed by atoms with Gasteiger partial charge in [0.25, 0.3) is 0 Å². The summed E-state index contributed by atoms with van der Waals surface area (Å²) in [6, 6.07) is 2.97. The first kappa shape index (κ1) is 13.8. The van der Waals surface area contributed by atoms with Gasteiger partial charge in [0, 0.05) is 32.2 Å². The Morgan fingerprint density at radius 2 is 2.11 bits per heavy atom. The Morgan fingerprint density at radius 3 is 2.68 bits per heavy atom. The molecule has 0 radical (unpaired) electrons. The fourth-order valence-electron chi connectivity index (χ4n) is 2.30. The zero-order valence-electron chi connectivity index (χ0n) is 10.7. The third-order valence-corrected chi connectivity index (χ3v) is 3.16. The molecule has 1 fully saturated rings. The zero-order valence-corrected chi connectivity index (χ0v) is 10.7. The lowest BCUT2D eigenvalue weighted by molar-refractivity contribution is -0.147. The van der Waals surface area contributed by atoms with Crippen molar-refractivity contribution in [2.45, 2.75) is 6.04 Å². The average Bonchev–Trinajstić information content (AvgIpc) is 2.39. The molecule has 0 bridgehead atoms. The number of phenolic OH excluding ortho intramolecular Hbond substituents is 1. The second-order valence-corrected chi connectivity index (χ2v) is 4.45. The Morgan fingerprint density at radius 1 is 1.42 bits per heavy atom. The van der Waals surface area contributed by atoms with Crippen LogP contribution in [-0.2, 0) is 9.53 Å². The maximum absolute atomic E-state index is 13.4. The fraction of sp³-hybridized carbons (Fsp3) is 0.462. The Bertz CT molecular complexity index is 441. The summed E-state index contributed by atoms with van der Waals surface area (Å²) >= 11 is 0. The number of carbonyl (C=O) groups is 1. The van der Waals surface area contributed by atoms with E-state index in [-0.39, 0.29) is 5.75 Å². The van der Waals surface area contributed by atoms with Gasteiger partial charge in [-0.2, -0.15) is 0 Å². The van der Waals surface area contributed by atoms with Crippen molar-refractivity contribution in [2.24, 2.45) is 0 Å². The molecule has 6 heteroatoms. The molecule has 1 aromatic rings. The molecule has 0 amide bonds. The van der Waals surface area contributed by atoms with Crippen molar-refractivity contribution in [2.75, 3.05) is 33.3 Å². The summed E-state index contributed by atoms with van der Waals surface area (Å²) in [5, 5.41) is 12.7. The van der Waals surface area contributed by atoms with Crippen molar-refractivity contribution in [3.63, 3.8) is 0 Å². The number of aromatic hydroxyl groups is 1. The third kappa shape index (κ3) is 3.21. The van der Waals surface area contributed by atoms with E-state index in [4.69, 9.17) is 4.74 Å². The fourth-order valence-corrected chi connectivity index (χ4v) is 2.30. The quantitative estimate of drug-likeness (QED) is 0.788. The van der Waals surface area contributed by atoms with E-state index in [9.17, 15) is 14.3 Å². The molecule has 19 heavy (non-hydrogen) atoms. The normalized spacial score (nSPS) is 18.0. The molecular weight excluding hydrogens is 251 g/mol. The van der Waals surface area contributed by atoms with Crippen molar-refractivity contribution in [3.05, 3.63) is 29.6 Å². The van der Waals surface area contributed by atoms with Crippen LogP contribution in [0.1, 0.15) is 11.6 Å². The number of halogens is 1. The predicted molar refractivity (Wildman–Crippen MR) is 67.3 cm³/mol. The van der Waals surface area contributed by atoms with E-state index >= 15 is 0 Å². The minimum atomic E-state index is -0.686. The molecule has 104 valence electrons. The highest BCUT2D eigenvalue weighted by Gasteiger charge is 2.30. The van der Waals surface area contributed by atoms with Gasteiger partial charge in [-0.25, -0.2) is 9.18 Å². The molecule has 1 aliphatic heterocycles. The molecule has 0 aromatic heterocycles. The number of rotatable bonds is 3. The first-order chi connectivity index (χ1) is 9.11. The first-order valence-corrected chi connectivity index (χ1v) is 6.14. The highest BCUT2D eigenvalue weighted by molar-refractivity contribution is 5.77. The van der Waals surface area contributed by atoms with E-state index < -0.39 is 17.8 Å². The molecule has 2 rings (SSSR count). The van der Waals surface area contributed by atoms with Gasteiger partial charge in [0.15, 0.2) is 0 Å². The number of benzene rings is 1. The number of carbonyl (C=O) groups excluding carboxylic acids is 1. The van der Waals surface area contributed by atoms with Crippen LogP contribution in [0.4, 0.5) is 4.39 Å². The third-order valence-electron chi connectivity index (χ3n) is 3.16. The smallest absolute Gasteiger partial charge is 0.327 e. The molecule has 0 spiro atoms. The SMILES string of the molecule is COC(=O)C(c1cc(O)cc(F)c1)N1CCNCC1. The number of phenols is 1. The molecular formula is C13H17FN2O3. The van der Waals surface area contributed by atoms with Gasteiger partial charge in [-0.3, -0.25) is 4.90 Å². The van der Waals surface area contributed by atoms with Crippen LogP contribution in [0.3, 0.4) is 0 Å². The van der Waals surface area contributed by atoms with Gasteiger partial charge in [0.1, 0.15) is 17.6 Å². The lowest BCUT2D eigenvalue weighted by atomic mass is 10.0. The van der Waals surface area contributed by atoms with Crippen LogP contribution in [-0.4, -0.2) is 49.3 Å². The van der Waals surface area contributed by atoms with Crippen molar-refractivity contribution in [1.82, 2.24) is 10.2 Å². The number of esters is 1. The van der Waals surface area contributed by atoms with E-state index in [1.165, 1.54) is 19.2 Å². The van der Waals surface area contributed by atoms with Gasteiger partial charge in [-0.05, 0) is 17.7 Å². The summed E-state index contributed by atoms with van der Waals surface area (Å²) in [7, 11) is 1.30. The van der Waals surface area contributed by atoms with Gasteiger partial charge in [0.2, 0.25) is 0 Å². The van der Waals surface area contributed by atoms with E-state index in [2.05, 4.69) is 5.32 Å². The van der Waals surface area contributed by atoms with E-state index in [0.717, 1.165) is 19.2 Å². The van der Waals surface area contributed by atoms with Crippen LogP contribution in [0, 0.1) is 5.82 Å². The van der Waals surface area contributed by atoms with Gasteiger partial charge in [-0.15, -0.1) is 0 Å². The zero-order chi connectivity index (χ0) is 13.8. The van der Waals surface area contributed by atoms with Crippen LogP contribution in [0.2, 0.25) is 0 Å². The monoisotopic (exact) mass is 268 g/mol. The van der Waals surface area contributed by atoms with Crippen LogP contribution in [0.25, 0.3) is 0 Å². The van der Waals surface area contributed by atoms with Gasteiger partial charge >= 0.3 is 5.97 Å². The molecule has 5 nitrogen and oxygen atoms in total. The number of methoxy groups -OCH3 is 1. The molecule has 1 saturated heterocycles. The van der Waals surface area contributed by atoms with Gasteiger partial charge in [-0.1, -0.05) is 0 Å². The van der Waals surface area contributed by atoms with Crippen molar-refractivity contribution in [3.8, 4) is 5.75 Å². The maximum Gasteiger partial charge on any atom is 0.327 e. The van der Waals surface area contributed by atoms with E-state index in [1.54, 1.807) is 0 Å². The van der Waals surface area contributed by atoms with Crippen LogP contribution in [0.15, 0.2) is 18.2 Å². The number of nitrogens with zero attached hydrogens (tertiary/aromatic N) is 1. The number of ether oxygens (including phenoxy) is 1. The molecule has 2 N–H and O–H groups in total. The van der Waals surface area contributed by atoms with E-state index in [1.807, 2.05) is 4.90 Å². The topological polar surface area (TPSA) is 61.8 Å². The lowest BCUT2D eigenvalue weighted by Gasteiger charge is -2.33. The molecule has 1 heterocycles. The Kier molecular flexibility index (Phi) is 4.34. The van der Waals surface area contributed by atoms with Crippen molar-refractivity contribution in [1.29, 1.82) is 0 Å².